The number of rotatable bonds is 6. The highest BCUT2D eigenvalue weighted by Crippen LogP contribution is 2.35. The first-order valence-electron chi connectivity index (χ1n) is 11.0. The van der Waals surface area contributed by atoms with Crippen molar-refractivity contribution in [3.63, 3.8) is 0 Å². The van der Waals surface area contributed by atoms with Gasteiger partial charge in [0.2, 0.25) is 26.6 Å². The Morgan fingerprint density at radius 1 is 0.943 bits per heavy atom. The lowest BCUT2D eigenvalue weighted by Gasteiger charge is -2.34. The van der Waals surface area contributed by atoms with E-state index in [1.807, 2.05) is 4.90 Å². The molecular weight excluding hydrogens is 470 g/mol. The topological polar surface area (TPSA) is 106 Å². The SMILES string of the molecule is COc1ccc(-c2nc(S(=O)(=O)c3ccccc3)c(N3CCN(C(=O)c4ccco4)CC3)o2)cc1. The standard InChI is InChI=1S/C25H23N3O6S/c1-32-19-11-9-18(10-12-19)22-26-23(35(30,31)20-6-3-2-4-7-20)25(34-22)28-15-13-27(14-16-28)24(29)21-8-5-17-33-21/h2-12,17H,13-16H2,1H3. The summed E-state index contributed by atoms with van der Waals surface area (Å²) in [5, 5.41) is -0.152. The molecule has 0 unspecified atom stereocenters. The summed E-state index contributed by atoms with van der Waals surface area (Å²) in [6.07, 6.45) is 1.46. The van der Waals surface area contributed by atoms with Crippen molar-refractivity contribution in [3.05, 3.63) is 78.8 Å². The highest BCUT2D eigenvalue weighted by atomic mass is 32.2. The van der Waals surface area contributed by atoms with E-state index in [1.54, 1.807) is 66.6 Å². The van der Waals surface area contributed by atoms with Crippen molar-refractivity contribution in [1.29, 1.82) is 0 Å². The third-order valence-electron chi connectivity index (χ3n) is 5.81. The number of carbonyl (C=O) groups excluding carboxylic acids is 1. The lowest BCUT2D eigenvalue weighted by Crippen LogP contribution is -2.49. The number of methoxy groups -OCH3 is 1. The van der Waals surface area contributed by atoms with E-state index in [9.17, 15) is 13.2 Å². The third kappa shape index (κ3) is 4.40. The van der Waals surface area contributed by atoms with Crippen LogP contribution in [-0.2, 0) is 9.84 Å². The number of furan rings is 1. The number of oxazole rings is 1. The molecule has 0 aliphatic carbocycles. The van der Waals surface area contributed by atoms with E-state index in [-0.39, 0.29) is 33.4 Å². The second-order valence-electron chi connectivity index (χ2n) is 7.93. The van der Waals surface area contributed by atoms with Gasteiger partial charge in [-0.25, -0.2) is 8.42 Å². The van der Waals surface area contributed by atoms with Gasteiger partial charge in [0, 0.05) is 31.7 Å². The molecular formula is C25H23N3O6S. The van der Waals surface area contributed by atoms with E-state index < -0.39 is 9.84 Å². The van der Waals surface area contributed by atoms with E-state index in [1.165, 1.54) is 18.4 Å². The lowest BCUT2D eigenvalue weighted by atomic mass is 10.2. The number of nitrogens with zero attached hydrogens (tertiary/aromatic N) is 3. The maximum atomic E-state index is 13.5. The average molecular weight is 494 g/mol. The predicted molar refractivity (Wildman–Crippen MR) is 127 cm³/mol. The number of hydrogen-bond acceptors (Lipinski definition) is 8. The number of sulfone groups is 1. The number of ether oxygens (including phenoxy) is 1. The van der Waals surface area contributed by atoms with Gasteiger partial charge in [-0.1, -0.05) is 18.2 Å². The van der Waals surface area contributed by atoms with Crippen molar-refractivity contribution in [2.45, 2.75) is 9.92 Å². The van der Waals surface area contributed by atoms with Crippen LogP contribution in [0, 0.1) is 0 Å². The second kappa shape index (κ2) is 9.30. The van der Waals surface area contributed by atoms with Crippen molar-refractivity contribution >= 4 is 21.6 Å². The van der Waals surface area contributed by atoms with Crippen molar-refractivity contribution in [3.8, 4) is 17.2 Å². The summed E-state index contributed by atoms with van der Waals surface area (Å²) >= 11 is 0. The molecule has 1 aliphatic heterocycles. The van der Waals surface area contributed by atoms with Gasteiger partial charge in [-0.05, 0) is 48.5 Å². The normalized spacial score (nSPS) is 14.2. The van der Waals surface area contributed by atoms with Crippen LogP contribution in [0.25, 0.3) is 11.5 Å². The van der Waals surface area contributed by atoms with Gasteiger partial charge in [-0.2, -0.15) is 4.98 Å². The molecule has 1 amide bonds. The molecule has 2 aromatic heterocycles. The van der Waals surface area contributed by atoms with E-state index in [0.29, 0.717) is 37.5 Å². The number of benzene rings is 2. The predicted octanol–water partition coefficient (Wildman–Crippen LogP) is 3.74. The van der Waals surface area contributed by atoms with Gasteiger partial charge in [0.25, 0.3) is 5.91 Å². The Hall–Kier alpha value is -4.05. The van der Waals surface area contributed by atoms with Gasteiger partial charge >= 0.3 is 0 Å². The molecule has 1 aliphatic rings. The quantitative estimate of drug-likeness (QED) is 0.400. The Labute approximate surface area is 202 Å². The zero-order valence-electron chi connectivity index (χ0n) is 19.0. The third-order valence-corrected chi connectivity index (χ3v) is 7.48. The molecule has 0 saturated carbocycles. The summed E-state index contributed by atoms with van der Waals surface area (Å²) in [6.45, 7) is 1.51. The molecule has 0 atom stereocenters. The molecule has 4 aromatic rings. The first-order valence-corrected chi connectivity index (χ1v) is 12.5. The van der Waals surface area contributed by atoms with Gasteiger partial charge in [0.15, 0.2) is 5.76 Å². The number of carbonyl (C=O) groups is 1. The molecule has 3 heterocycles. The Bertz CT molecular complexity index is 1410. The summed E-state index contributed by atoms with van der Waals surface area (Å²) in [6, 6.07) is 18.4. The number of hydrogen-bond donors (Lipinski definition) is 0. The molecule has 0 N–H and O–H groups in total. The van der Waals surface area contributed by atoms with Crippen LogP contribution in [0.3, 0.4) is 0 Å². The van der Waals surface area contributed by atoms with Crippen LogP contribution in [0.2, 0.25) is 0 Å². The van der Waals surface area contributed by atoms with Gasteiger partial charge in [-0.3, -0.25) is 4.79 Å². The molecule has 180 valence electrons. The van der Waals surface area contributed by atoms with Crippen LogP contribution < -0.4 is 9.64 Å². The van der Waals surface area contributed by atoms with E-state index in [2.05, 4.69) is 4.98 Å². The van der Waals surface area contributed by atoms with Crippen LogP contribution in [0.15, 0.2) is 91.7 Å². The fraction of sp³-hybridized carbons (Fsp3) is 0.200. The van der Waals surface area contributed by atoms with Crippen molar-refractivity contribution < 1.29 is 26.8 Å². The highest BCUT2D eigenvalue weighted by Gasteiger charge is 2.33. The monoisotopic (exact) mass is 493 g/mol. The Morgan fingerprint density at radius 3 is 2.29 bits per heavy atom. The minimum Gasteiger partial charge on any atom is -0.497 e. The largest absolute Gasteiger partial charge is 0.497 e. The maximum absolute atomic E-state index is 13.5. The molecule has 1 saturated heterocycles. The molecule has 10 heteroatoms. The molecule has 0 bridgehead atoms. The zero-order valence-corrected chi connectivity index (χ0v) is 19.8. The highest BCUT2D eigenvalue weighted by molar-refractivity contribution is 7.91. The fourth-order valence-electron chi connectivity index (χ4n) is 3.91. The average Bonchev–Trinajstić information content (AvgIpc) is 3.60. The van der Waals surface area contributed by atoms with E-state index in [4.69, 9.17) is 13.6 Å². The van der Waals surface area contributed by atoms with Crippen molar-refractivity contribution in [1.82, 2.24) is 9.88 Å². The first-order chi connectivity index (χ1) is 17.0. The molecule has 2 aromatic carbocycles. The molecule has 5 rings (SSSR count). The lowest BCUT2D eigenvalue weighted by molar-refractivity contribution is 0.0713. The number of aromatic nitrogens is 1. The van der Waals surface area contributed by atoms with Gasteiger partial charge in [-0.15, -0.1) is 0 Å². The molecule has 1 fully saturated rings. The summed E-state index contributed by atoms with van der Waals surface area (Å²) in [4.78, 5) is 20.7. The van der Waals surface area contributed by atoms with Gasteiger partial charge in [0.05, 0.1) is 18.3 Å². The summed E-state index contributed by atoms with van der Waals surface area (Å²) in [5.74, 6) is 1.07. The Balaban J connectivity index is 1.48. The Morgan fingerprint density at radius 2 is 1.66 bits per heavy atom. The minimum absolute atomic E-state index is 0.127. The van der Waals surface area contributed by atoms with Crippen LogP contribution >= 0.6 is 0 Å². The van der Waals surface area contributed by atoms with Gasteiger partial charge < -0.3 is 23.4 Å². The molecule has 0 spiro atoms. The van der Waals surface area contributed by atoms with Crippen LogP contribution in [0.5, 0.6) is 5.75 Å². The zero-order chi connectivity index (χ0) is 24.4. The fourth-order valence-corrected chi connectivity index (χ4v) is 5.25. The van der Waals surface area contributed by atoms with Gasteiger partial charge in [0.1, 0.15) is 5.75 Å². The van der Waals surface area contributed by atoms with E-state index in [0.717, 1.165) is 0 Å². The van der Waals surface area contributed by atoms with Crippen LogP contribution in [0.1, 0.15) is 10.6 Å². The maximum Gasteiger partial charge on any atom is 0.289 e. The smallest absolute Gasteiger partial charge is 0.289 e. The second-order valence-corrected chi connectivity index (χ2v) is 9.80. The number of anilines is 1. The van der Waals surface area contributed by atoms with E-state index >= 15 is 0 Å². The first kappa shape index (κ1) is 22.7. The number of amides is 1. The summed E-state index contributed by atoms with van der Waals surface area (Å²) < 4.78 is 43.5. The molecule has 0 radical (unpaired) electrons. The minimum atomic E-state index is -3.95. The van der Waals surface area contributed by atoms with Crippen molar-refractivity contribution in [2.75, 3.05) is 38.2 Å². The summed E-state index contributed by atoms with van der Waals surface area (Å²) in [5.41, 5.74) is 0.619. The molecule has 35 heavy (non-hydrogen) atoms. The molecule has 9 nitrogen and oxygen atoms in total. The number of piperazine rings is 1. The summed E-state index contributed by atoms with van der Waals surface area (Å²) in [7, 11) is -2.38. The van der Waals surface area contributed by atoms with Crippen LogP contribution in [-0.4, -0.2) is 57.5 Å². The van der Waals surface area contributed by atoms with Crippen LogP contribution in [0.4, 0.5) is 5.88 Å². The Kier molecular flexibility index (Phi) is 6.04. The van der Waals surface area contributed by atoms with Crippen molar-refractivity contribution in [2.24, 2.45) is 0 Å².